The molecule has 2 nitrogen and oxygen atoms in total. The molecule has 2 aromatic heterocycles. The maximum absolute atomic E-state index is 2.50. The smallest absolute Gasteiger partial charge is 0.0561 e. The minimum absolute atomic E-state index is 1.08. The Bertz CT molecular complexity index is 3230. The number of fused-ring (bicyclic) bond motifs is 6. The Labute approximate surface area is 335 Å². The van der Waals surface area contributed by atoms with Gasteiger partial charge in [-0.15, -0.1) is 11.3 Å². The zero-order valence-electron chi connectivity index (χ0n) is 31.1. The number of hydrogen-bond acceptors (Lipinski definition) is 2. The number of para-hydroxylation sites is 3. The Balaban J connectivity index is 1.24. The molecule has 0 atom stereocenters. The van der Waals surface area contributed by atoms with Crippen molar-refractivity contribution >= 4 is 70.4 Å². The highest BCUT2D eigenvalue weighted by atomic mass is 32.1. The molecule has 9 aromatic carbocycles. The fraction of sp³-hybridized carbons (Fsp3) is 0. The fourth-order valence-electron chi connectivity index (χ4n) is 8.61. The second kappa shape index (κ2) is 13.8. The van der Waals surface area contributed by atoms with Crippen LogP contribution in [0.15, 0.2) is 218 Å². The lowest BCUT2D eigenvalue weighted by Gasteiger charge is -2.31. The molecule has 11 rings (SSSR count). The molecule has 0 aliphatic carbocycles. The Hall–Kier alpha value is -7.20. The lowest BCUT2D eigenvalue weighted by molar-refractivity contribution is 1.18. The molecular weight excluding hydrogens is 709 g/mol. The van der Waals surface area contributed by atoms with Crippen molar-refractivity contribution < 1.29 is 0 Å². The van der Waals surface area contributed by atoms with E-state index in [-0.39, 0.29) is 0 Å². The standard InChI is InChI=1S/C54H36N2S/c1-4-17-37(18-5-1)39-31-33-42(38-19-6-2-7-20-38)51(35-39)56(41-32-34-45-43-23-10-13-28-49(43)55(52(45)36-41)40-21-8-3-9-22-40)50-29-14-11-24-44(50)47-26-16-27-48-46-25-12-15-30-53(46)57-54(47)48/h1-36H. The van der Waals surface area contributed by atoms with Crippen molar-refractivity contribution in [2.75, 3.05) is 4.90 Å². The van der Waals surface area contributed by atoms with Crippen LogP contribution < -0.4 is 4.90 Å². The summed E-state index contributed by atoms with van der Waals surface area (Å²) in [7, 11) is 0. The summed E-state index contributed by atoms with van der Waals surface area (Å²) in [5.74, 6) is 0. The molecule has 268 valence electrons. The first-order chi connectivity index (χ1) is 28.3. The first-order valence-electron chi connectivity index (χ1n) is 19.4. The van der Waals surface area contributed by atoms with Crippen molar-refractivity contribution in [2.45, 2.75) is 0 Å². The third-order valence-electron chi connectivity index (χ3n) is 11.2. The van der Waals surface area contributed by atoms with Crippen LogP contribution in [-0.4, -0.2) is 4.57 Å². The SMILES string of the molecule is c1ccc(-c2ccc(-c3ccccc3)c(N(c3ccc4c5ccccc5n(-c5ccccc5)c4c3)c3ccccc3-c3cccc4c3sc3ccccc34)c2)cc1. The average molecular weight is 745 g/mol. The van der Waals surface area contributed by atoms with Gasteiger partial charge in [0.25, 0.3) is 0 Å². The first kappa shape index (κ1) is 33.2. The largest absolute Gasteiger partial charge is 0.309 e. The molecule has 0 amide bonds. The van der Waals surface area contributed by atoms with Gasteiger partial charge >= 0.3 is 0 Å². The number of rotatable bonds is 7. The first-order valence-corrected chi connectivity index (χ1v) is 20.3. The van der Waals surface area contributed by atoms with Crippen LogP contribution in [0.2, 0.25) is 0 Å². The number of benzene rings is 9. The van der Waals surface area contributed by atoms with Gasteiger partial charge in [0, 0.05) is 59.0 Å². The Morgan fingerprint density at radius 2 is 0.982 bits per heavy atom. The van der Waals surface area contributed by atoms with Crippen LogP contribution in [-0.2, 0) is 0 Å². The van der Waals surface area contributed by atoms with Crippen LogP contribution in [0.5, 0.6) is 0 Å². The van der Waals surface area contributed by atoms with E-state index < -0.39 is 0 Å². The summed E-state index contributed by atoms with van der Waals surface area (Å²) in [4.78, 5) is 2.50. The van der Waals surface area contributed by atoms with Crippen molar-refractivity contribution in [3.05, 3.63) is 218 Å². The van der Waals surface area contributed by atoms with Gasteiger partial charge in [0.05, 0.1) is 22.4 Å². The fourth-order valence-corrected chi connectivity index (χ4v) is 9.84. The maximum atomic E-state index is 2.50. The molecule has 0 saturated carbocycles. The number of thiophene rings is 1. The lowest BCUT2D eigenvalue weighted by atomic mass is 9.95. The number of nitrogens with zero attached hydrogens (tertiary/aromatic N) is 2. The van der Waals surface area contributed by atoms with E-state index in [1.165, 1.54) is 64.3 Å². The zero-order chi connectivity index (χ0) is 37.7. The van der Waals surface area contributed by atoms with E-state index in [1.54, 1.807) is 0 Å². The number of aromatic nitrogens is 1. The van der Waals surface area contributed by atoms with E-state index >= 15 is 0 Å². The topological polar surface area (TPSA) is 8.17 Å². The predicted molar refractivity (Wildman–Crippen MR) is 245 cm³/mol. The van der Waals surface area contributed by atoms with Crippen LogP contribution in [0.3, 0.4) is 0 Å². The van der Waals surface area contributed by atoms with Crippen LogP contribution in [0.1, 0.15) is 0 Å². The highest BCUT2D eigenvalue weighted by Crippen LogP contribution is 2.49. The zero-order valence-corrected chi connectivity index (χ0v) is 31.9. The molecule has 0 spiro atoms. The molecule has 0 saturated heterocycles. The van der Waals surface area contributed by atoms with Crippen molar-refractivity contribution in [1.82, 2.24) is 4.57 Å². The van der Waals surface area contributed by atoms with Crippen molar-refractivity contribution in [3.8, 4) is 39.1 Å². The monoisotopic (exact) mass is 744 g/mol. The van der Waals surface area contributed by atoms with Gasteiger partial charge in [0.2, 0.25) is 0 Å². The van der Waals surface area contributed by atoms with Crippen molar-refractivity contribution in [2.24, 2.45) is 0 Å². The lowest BCUT2D eigenvalue weighted by Crippen LogP contribution is -2.13. The van der Waals surface area contributed by atoms with Crippen LogP contribution in [0.25, 0.3) is 81.0 Å². The molecular formula is C54H36N2S. The summed E-state index contributed by atoms with van der Waals surface area (Å²) in [5.41, 5.74) is 13.9. The van der Waals surface area contributed by atoms with Crippen LogP contribution in [0, 0.1) is 0 Å². The molecule has 3 heteroatoms. The summed E-state index contributed by atoms with van der Waals surface area (Å²) < 4.78 is 5.01. The molecule has 0 bridgehead atoms. The minimum Gasteiger partial charge on any atom is -0.309 e. The Morgan fingerprint density at radius 1 is 0.351 bits per heavy atom. The Morgan fingerprint density at radius 3 is 1.81 bits per heavy atom. The van der Waals surface area contributed by atoms with Gasteiger partial charge in [-0.2, -0.15) is 0 Å². The second-order valence-electron chi connectivity index (χ2n) is 14.5. The van der Waals surface area contributed by atoms with Gasteiger partial charge in [0.15, 0.2) is 0 Å². The van der Waals surface area contributed by atoms with E-state index in [9.17, 15) is 0 Å². The van der Waals surface area contributed by atoms with E-state index in [1.807, 2.05) is 11.3 Å². The normalized spacial score (nSPS) is 11.5. The molecule has 0 fully saturated rings. The summed E-state index contributed by atoms with van der Waals surface area (Å²) in [6.07, 6.45) is 0. The molecule has 0 radical (unpaired) electrons. The third kappa shape index (κ3) is 5.63. The average Bonchev–Trinajstić information content (AvgIpc) is 3.83. The molecule has 2 heterocycles. The van der Waals surface area contributed by atoms with Gasteiger partial charge < -0.3 is 9.47 Å². The summed E-state index contributed by atoms with van der Waals surface area (Å²) in [5, 5.41) is 5.05. The number of hydrogen-bond donors (Lipinski definition) is 0. The number of anilines is 3. The van der Waals surface area contributed by atoms with Gasteiger partial charge in [-0.25, -0.2) is 0 Å². The summed E-state index contributed by atoms with van der Waals surface area (Å²) in [6, 6.07) is 79.5. The van der Waals surface area contributed by atoms with E-state index in [0.717, 1.165) is 33.8 Å². The van der Waals surface area contributed by atoms with E-state index in [0.29, 0.717) is 0 Å². The van der Waals surface area contributed by atoms with Crippen LogP contribution in [0.4, 0.5) is 17.1 Å². The van der Waals surface area contributed by atoms with Gasteiger partial charge in [-0.3, -0.25) is 0 Å². The molecule has 0 aliphatic rings. The van der Waals surface area contributed by atoms with Crippen molar-refractivity contribution in [1.29, 1.82) is 0 Å². The highest BCUT2D eigenvalue weighted by molar-refractivity contribution is 7.26. The highest BCUT2D eigenvalue weighted by Gasteiger charge is 2.24. The minimum atomic E-state index is 1.08. The molecule has 57 heavy (non-hydrogen) atoms. The Kier molecular flexibility index (Phi) is 8.04. The maximum Gasteiger partial charge on any atom is 0.0561 e. The van der Waals surface area contributed by atoms with Crippen molar-refractivity contribution in [3.63, 3.8) is 0 Å². The van der Waals surface area contributed by atoms with E-state index in [2.05, 4.69) is 228 Å². The van der Waals surface area contributed by atoms with Gasteiger partial charge in [-0.1, -0.05) is 170 Å². The predicted octanol–water partition coefficient (Wildman–Crippen LogP) is 15.6. The molecule has 11 aromatic rings. The third-order valence-corrected chi connectivity index (χ3v) is 12.4. The molecule has 0 unspecified atom stereocenters. The quantitative estimate of drug-likeness (QED) is 0.158. The summed E-state index contributed by atoms with van der Waals surface area (Å²) in [6.45, 7) is 0. The van der Waals surface area contributed by atoms with E-state index in [4.69, 9.17) is 0 Å². The van der Waals surface area contributed by atoms with Gasteiger partial charge in [-0.05, 0) is 65.2 Å². The van der Waals surface area contributed by atoms with Crippen LogP contribution >= 0.6 is 11.3 Å². The molecule has 0 aliphatic heterocycles. The summed E-state index contributed by atoms with van der Waals surface area (Å²) >= 11 is 1.88. The second-order valence-corrected chi connectivity index (χ2v) is 15.5. The van der Waals surface area contributed by atoms with Gasteiger partial charge in [0.1, 0.15) is 0 Å². The molecule has 0 N–H and O–H groups in total.